The Balaban J connectivity index is 1.73. The third kappa shape index (κ3) is 2.64. The lowest BCUT2D eigenvalue weighted by atomic mass is 10.0. The van der Waals surface area contributed by atoms with Gasteiger partial charge in [-0.2, -0.15) is 0 Å². The lowest BCUT2D eigenvalue weighted by Gasteiger charge is -2.09. The Morgan fingerprint density at radius 3 is 2.63 bits per heavy atom. The average molecular weight is 368 g/mol. The molecule has 4 nitrogen and oxygen atoms in total. The van der Waals surface area contributed by atoms with Crippen molar-refractivity contribution in [2.45, 2.75) is 6.92 Å². The molecule has 2 N–H and O–H groups in total. The lowest BCUT2D eigenvalue weighted by molar-refractivity contribution is 1.24. The average Bonchev–Trinajstić information content (AvgIpc) is 3.14. The highest BCUT2D eigenvalue weighted by Gasteiger charge is 2.13. The van der Waals surface area contributed by atoms with Crippen LogP contribution in [0.4, 0.5) is 5.82 Å². The number of hydrogen-bond donors (Lipinski definition) is 1. The van der Waals surface area contributed by atoms with Crippen LogP contribution < -0.4 is 5.73 Å². The zero-order chi connectivity index (χ0) is 18.4. The second-order valence-corrected chi connectivity index (χ2v) is 7.37. The summed E-state index contributed by atoms with van der Waals surface area (Å²) in [6.45, 7) is 2.13. The van der Waals surface area contributed by atoms with Crippen molar-refractivity contribution in [1.82, 2.24) is 15.0 Å². The topological polar surface area (TPSA) is 64.7 Å². The minimum absolute atomic E-state index is 0.513. The molecule has 0 amide bonds. The zero-order valence-electron chi connectivity index (χ0n) is 14.7. The van der Waals surface area contributed by atoms with Crippen LogP contribution in [0.25, 0.3) is 43.5 Å². The van der Waals surface area contributed by atoms with E-state index in [1.54, 1.807) is 11.3 Å². The van der Waals surface area contributed by atoms with Crippen molar-refractivity contribution in [3.63, 3.8) is 0 Å². The van der Waals surface area contributed by atoms with Crippen molar-refractivity contribution in [1.29, 1.82) is 0 Å². The van der Waals surface area contributed by atoms with Crippen molar-refractivity contribution in [2.75, 3.05) is 5.73 Å². The van der Waals surface area contributed by atoms with Gasteiger partial charge in [0.15, 0.2) is 0 Å². The first-order valence-corrected chi connectivity index (χ1v) is 9.53. The SMILES string of the molecule is Cc1cc(-c2ccccc2)nc2cc(-c3csc4ncnc(N)c34)ccc12. The number of anilines is 1. The second-order valence-electron chi connectivity index (χ2n) is 6.51. The maximum atomic E-state index is 6.12. The second kappa shape index (κ2) is 6.14. The number of nitrogens with two attached hydrogens (primary N) is 1. The molecule has 5 aromatic rings. The molecule has 0 aliphatic carbocycles. The van der Waals surface area contributed by atoms with Crippen LogP contribution in [0.2, 0.25) is 0 Å². The number of nitrogens with zero attached hydrogens (tertiary/aromatic N) is 3. The Hall–Kier alpha value is -3.31. The van der Waals surface area contributed by atoms with Gasteiger partial charge < -0.3 is 5.73 Å². The van der Waals surface area contributed by atoms with Crippen LogP contribution in [0.5, 0.6) is 0 Å². The van der Waals surface area contributed by atoms with E-state index in [1.807, 2.05) is 18.2 Å². The summed E-state index contributed by atoms with van der Waals surface area (Å²) in [4.78, 5) is 14.3. The molecule has 0 spiro atoms. The molecule has 0 saturated heterocycles. The first-order valence-electron chi connectivity index (χ1n) is 8.65. The van der Waals surface area contributed by atoms with Gasteiger partial charge in [0.2, 0.25) is 0 Å². The highest BCUT2D eigenvalue weighted by atomic mass is 32.1. The van der Waals surface area contributed by atoms with Gasteiger partial charge in [-0.3, -0.25) is 0 Å². The smallest absolute Gasteiger partial charge is 0.136 e. The molecular weight excluding hydrogens is 352 g/mol. The number of aromatic nitrogens is 3. The summed E-state index contributed by atoms with van der Waals surface area (Å²) in [6.07, 6.45) is 1.51. The third-order valence-electron chi connectivity index (χ3n) is 4.80. The van der Waals surface area contributed by atoms with Crippen LogP contribution in [0, 0.1) is 6.92 Å². The van der Waals surface area contributed by atoms with E-state index in [1.165, 1.54) is 11.9 Å². The highest BCUT2D eigenvalue weighted by molar-refractivity contribution is 7.17. The van der Waals surface area contributed by atoms with Crippen LogP contribution in [0.1, 0.15) is 5.56 Å². The molecule has 0 fully saturated rings. The summed E-state index contributed by atoms with van der Waals surface area (Å²) in [5.41, 5.74) is 12.5. The predicted octanol–water partition coefficient (Wildman–Crippen LogP) is 5.46. The quantitative estimate of drug-likeness (QED) is 0.449. The predicted molar refractivity (Wildman–Crippen MR) is 113 cm³/mol. The zero-order valence-corrected chi connectivity index (χ0v) is 15.5. The Bertz CT molecular complexity index is 1290. The van der Waals surface area contributed by atoms with Gasteiger partial charge >= 0.3 is 0 Å². The number of benzene rings is 2. The minimum atomic E-state index is 0.513. The normalized spacial score (nSPS) is 11.3. The van der Waals surface area contributed by atoms with Crippen LogP contribution in [-0.4, -0.2) is 15.0 Å². The van der Waals surface area contributed by atoms with E-state index >= 15 is 0 Å². The molecular formula is C22H16N4S. The molecule has 0 unspecified atom stereocenters. The van der Waals surface area contributed by atoms with Gasteiger partial charge in [0.05, 0.1) is 16.6 Å². The van der Waals surface area contributed by atoms with Gasteiger partial charge in [-0.25, -0.2) is 15.0 Å². The van der Waals surface area contributed by atoms with Crippen molar-refractivity contribution in [2.24, 2.45) is 0 Å². The molecule has 5 rings (SSSR count). The van der Waals surface area contributed by atoms with Gasteiger partial charge in [0, 0.05) is 21.9 Å². The number of fused-ring (bicyclic) bond motifs is 2. The van der Waals surface area contributed by atoms with E-state index in [0.717, 1.165) is 43.5 Å². The summed E-state index contributed by atoms with van der Waals surface area (Å²) in [6, 6.07) is 18.8. The van der Waals surface area contributed by atoms with E-state index in [2.05, 4.69) is 58.7 Å². The molecule has 3 heterocycles. The van der Waals surface area contributed by atoms with Crippen LogP contribution >= 0.6 is 11.3 Å². The number of pyridine rings is 1. The molecule has 0 atom stereocenters. The molecule has 0 aliphatic heterocycles. The monoisotopic (exact) mass is 368 g/mol. The number of nitrogen functional groups attached to an aromatic ring is 1. The van der Waals surface area contributed by atoms with Gasteiger partial charge in [0.1, 0.15) is 17.0 Å². The van der Waals surface area contributed by atoms with Crippen LogP contribution in [-0.2, 0) is 0 Å². The Labute approximate surface area is 160 Å². The molecule has 130 valence electrons. The summed E-state index contributed by atoms with van der Waals surface area (Å²) >= 11 is 1.58. The Morgan fingerprint density at radius 2 is 1.78 bits per heavy atom. The number of aryl methyl sites for hydroxylation is 1. The van der Waals surface area contributed by atoms with E-state index in [0.29, 0.717) is 5.82 Å². The van der Waals surface area contributed by atoms with Crippen LogP contribution in [0.15, 0.2) is 66.3 Å². The van der Waals surface area contributed by atoms with Crippen molar-refractivity contribution in [3.05, 3.63) is 71.9 Å². The maximum Gasteiger partial charge on any atom is 0.136 e. The molecule has 2 aromatic carbocycles. The molecule has 0 radical (unpaired) electrons. The largest absolute Gasteiger partial charge is 0.383 e. The van der Waals surface area contributed by atoms with Crippen molar-refractivity contribution >= 4 is 38.3 Å². The van der Waals surface area contributed by atoms with E-state index in [9.17, 15) is 0 Å². The summed E-state index contributed by atoms with van der Waals surface area (Å²) < 4.78 is 0. The first-order chi connectivity index (χ1) is 13.2. The third-order valence-corrected chi connectivity index (χ3v) is 5.68. The summed E-state index contributed by atoms with van der Waals surface area (Å²) in [7, 11) is 0. The summed E-state index contributed by atoms with van der Waals surface area (Å²) in [5.74, 6) is 0.513. The first kappa shape index (κ1) is 15.9. The molecule has 5 heteroatoms. The van der Waals surface area contributed by atoms with Crippen molar-refractivity contribution in [3.8, 4) is 22.4 Å². The van der Waals surface area contributed by atoms with Crippen LogP contribution in [0.3, 0.4) is 0 Å². The fourth-order valence-corrected chi connectivity index (χ4v) is 4.36. The van der Waals surface area contributed by atoms with E-state index < -0.39 is 0 Å². The van der Waals surface area contributed by atoms with Crippen molar-refractivity contribution < 1.29 is 0 Å². The van der Waals surface area contributed by atoms with Gasteiger partial charge in [-0.1, -0.05) is 42.5 Å². The molecule has 27 heavy (non-hydrogen) atoms. The fraction of sp³-hybridized carbons (Fsp3) is 0.0455. The van der Waals surface area contributed by atoms with E-state index in [4.69, 9.17) is 10.7 Å². The number of thiophene rings is 1. The maximum absolute atomic E-state index is 6.12. The van der Waals surface area contributed by atoms with E-state index in [-0.39, 0.29) is 0 Å². The lowest BCUT2D eigenvalue weighted by Crippen LogP contribution is -1.92. The minimum Gasteiger partial charge on any atom is -0.383 e. The van der Waals surface area contributed by atoms with Gasteiger partial charge in [-0.15, -0.1) is 11.3 Å². The standard InChI is InChI=1S/C22H16N4S/c1-13-9-18(14-5-3-2-4-6-14)26-19-10-15(7-8-16(13)19)17-11-27-22-20(17)21(23)24-12-25-22/h2-12H,1H3,(H2,23,24,25). The highest BCUT2D eigenvalue weighted by Crippen LogP contribution is 2.37. The Kier molecular flexibility index (Phi) is 3.62. The molecule has 0 aliphatic rings. The fourth-order valence-electron chi connectivity index (χ4n) is 3.44. The summed E-state index contributed by atoms with van der Waals surface area (Å²) in [5, 5.41) is 4.16. The molecule has 3 aromatic heterocycles. The number of rotatable bonds is 2. The Morgan fingerprint density at radius 1 is 0.926 bits per heavy atom. The molecule has 0 bridgehead atoms. The van der Waals surface area contributed by atoms with Gasteiger partial charge in [0.25, 0.3) is 0 Å². The number of hydrogen-bond acceptors (Lipinski definition) is 5. The molecule has 0 saturated carbocycles. The van der Waals surface area contributed by atoms with Gasteiger partial charge in [-0.05, 0) is 30.2 Å².